The van der Waals surface area contributed by atoms with Gasteiger partial charge in [0.15, 0.2) is 0 Å². The van der Waals surface area contributed by atoms with Gasteiger partial charge in [0.2, 0.25) is 5.91 Å². The zero-order valence-electron chi connectivity index (χ0n) is 16.4. The van der Waals surface area contributed by atoms with E-state index in [0.717, 1.165) is 31.8 Å². The minimum Gasteiger partial charge on any atom is -0.450 e. The Balaban J connectivity index is 1.38. The third-order valence-electron chi connectivity index (χ3n) is 6.46. The average molecular weight is 367 g/mol. The molecule has 2 amide bonds. The Kier molecular flexibility index (Phi) is 7.17. The van der Waals surface area contributed by atoms with E-state index in [2.05, 4.69) is 0 Å². The van der Waals surface area contributed by atoms with Crippen LogP contribution in [0, 0.1) is 11.8 Å². The van der Waals surface area contributed by atoms with Crippen LogP contribution in [-0.2, 0) is 9.53 Å². The van der Waals surface area contributed by atoms with Gasteiger partial charge in [0.1, 0.15) is 0 Å². The van der Waals surface area contributed by atoms with Crippen LogP contribution in [0.5, 0.6) is 0 Å². The summed E-state index contributed by atoms with van der Waals surface area (Å²) in [6.45, 7) is 8.32. The number of hydrogen-bond acceptors (Lipinski definition) is 3. The third kappa shape index (κ3) is 5.12. The molecule has 0 bridgehead atoms. The summed E-state index contributed by atoms with van der Waals surface area (Å²) in [5.74, 6) is 1.42. The molecular formula is C20H36N3O3+. The van der Waals surface area contributed by atoms with Crippen molar-refractivity contribution in [2.24, 2.45) is 11.8 Å². The maximum atomic E-state index is 12.8. The minimum atomic E-state index is -0.251. The molecule has 26 heavy (non-hydrogen) atoms. The van der Waals surface area contributed by atoms with Crippen molar-refractivity contribution in [2.45, 2.75) is 51.9 Å². The highest BCUT2D eigenvalue weighted by Crippen LogP contribution is 2.22. The quantitative estimate of drug-likeness (QED) is 0.812. The molecule has 0 aromatic heterocycles. The van der Waals surface area contributed by atoms with Gasteiger partial charge in [-0.2, -0.15) is 0 Å². The van der Waals surface area contributed by atoms with Gasteiger partial charge in [-0.25, -0.2) is 4.79 Å². The third-order valence-corrected chi connectivity index (χ3v) is 6.46. The predicted octanol–water partition coefficient (Wildman–Crippen LogP) is 1.16. The summed E-state index contributed by atoms with van der Waals surface area (Å²) in [7, 11) is 0. The largest absolute Gasteiger partial charge is 0.450 e. The molecule has 2 aliphatic heterocycles. The molecule has 0 aromatic carbocycles. The molecule has 0 spiro atoms. The molecule has 6 heteroatoms. The van der Waals surface area contributed by atoms with E-state index in [-0.39, 0.29) is 12.0 Å². The zero-order valence-corrected chi connectivity index (χ0v) is 16.4. The first-order valence-corrected chi connectivity index (χ1v) is 10.7. The smallest absolute Gasteiger partial charge is 0.409 e. The Morgan fingerprint density at radius 1 is 0.923 bits per heavy atom. The van der Waals surface area contributed by atoms with Gasteiger partial charge in [-0.05, 0) is 19.8 Å². The summed E-state index contributed by atoms with van der Waals surface area (Å²) in [6.07, 6.45) is 8.88. The molecule has 1 N–H and O–H groups in total. The molecule has 0 atom stereocenters. The SMILES string of the molecule is CCOC(=O)N1CCN(C(=O)C2CC[NH+](CC3CCCCC3)CC2)CC1. The van der Waals surface area contributed by atoms with Crippen molar-refractivity contribution < 1.29 is 19.2 Å². The maximum absolute atomic E-state index is 12.8. The number of nitrogens with zero attached hydrogens (tertiary/aromatic N) is 2. The molecule has 3 aliphatic rings. The van der Waals surface area contributed by atoms with E-state index in [4.69, 9.17) is 4.74 Å². The van der Waals surface area contributed by atoms with Crippen molar-refractivity contribution >= 4 is 12.0 Å². The standard InChI is InChI=1S/C20H35N3O3/c1-2-26-20(25)23-14-12-22(13-15-23)19(24)18-8-10-21(11-9-18)16-17-6-4-3-5-7-17/h17-18H,2-16H2,1H3/p+1. The second kappa shape index (κ2) is 9.58. The average Bonchev–Trinajstić information content (AvgIpc) is 2.69. The Morgan fingerprint density at radius 2 is 1.54 bits per heavy atom. The molecular weight excluding hydrogens is 330 g/mol. The molecule has 2 saturated heterocycles. The van der Waals surface area contributed by atoms with Gasteiger partial charge in [0.05, 0.1) is 26.2 Å². The van der Waals surface area contributed by atoms with Crippen LogP contribution < -0.4 is 4.90 Å². The van der Waals surface area contributed by atoms with Gasteiger partial charge < -0.3 is 19.4 Å². The summed E-state index contributed by atoms with van der Waals surface area (Å²) >= 11 is 0. The van der Waals surface area contributed by atoms with Crippen molar-refractivity contribution in [3.05, 3.63) is 0 Å². The lowest BCUT2D eigenvalue weighted by Gasteiger charge is -2.38. The first-order chi connectivity index (χ1) is 12.7. The minimum absolute atomic E-state index is 0.194. The number of rotatable bonds is 4. The fourth-order valence-electron chi connectivity index (χ4n) is 4.86. The van der Waals surface area contributed by atoms with E-state index in [0.29, 0.717) is 38.7 Å². The van der Waals surface area contributed by atoms with E-state index in [1.165, 1.54) is 38.6 Å². The maximum Gasteiger partial charge on any atom is 0.409 e. The fourth-order valence-corrected chi connectivity index (χ4v) is 4.86. The van der Waals surface area contributed by atoms with Crippen LogP contribution in [0.25, 0.3) is 0 Å². The van der Waals surface area contributed by atoms with Crippen molar-refractivity contribution in [3.8, 4) is 0 Å². The van der Waals surface area contributed by atoms with E-state index >= 15 is 0 Å². The van der Waals surface area contributed by atoms with Gasteiger partial charge in [-0.3, -0.25) is 4.79 Å². The lowest BCUT2D eigenvalue weighted by atomic mass is 9.87. The van der Waals surface area contributed by atoms with E-state index < -0.39 is 0 Å². The summed E-state index contributed by atoms with van der Waals surface area (Å²) in [4.78, 5) is 30.0. The number of hydrogen-bond donors (Lipinski definition) is 1. The monoisotopic (exact) mass is 366 g/mol. The lowest BCUT2D eigenvalue weighted by Crippen LogP contribution is -3.13. The van der Waals surface area contributed by atoms with E-state index in [1.54, 1.807) is 9.80 Å². The molecule has 0 unspecified atom stereocenters. The topological polar surface area (TPSA) is 54.3 Å². The van der Waals surface area contributed by atoms with E-state index in [9.17, 15) is 9.59 Å². The molecule has 3 fully saturated rings. The number of nitrogens with one attached hydrogen (secondary N) is 1. The summed E-state index contributed by atoms with van der Waals surface area (Å²) in [6, 6.07) is 0. The first-order valence-electron chi connectivity index (χ1n) is 10.7. The van der Waals surface area contributed by atoms with Crippen LogP contribution in [0.3, 0.4) is 0 Å². The highest BCUT2D eigenvalue weighted by Gasteiger charge is 2.33. The number of piperazine rings is 1. The molecule has 1 saturated carbocycles. The second-order valence-corrected chi connectivity index (χ2v) is 8.24. The van der Waals surface area contributed by atoms with E-state index in [1.807, 2.05) is 11.8 Å². The molecule has 3 rings (SSSR count). The number of piperidine rings is 1. The van der Waals surface area contributed by atoms with Gasteiger partial charge in [-0.1, -0.05) is 19.3 Å². The Bertz CT molecular complexity index is 463. The molecule has 0 aromatic rings. The van der Waals surface area contributed by atoms with Crippen LogP contribution in [-0.4, -0.2) is 74.2 Å². The van der Waals surface area contributed by atoms with Crippen LogP contribution in [0.4, 0.5) is 4.79 Å². The van der Waals surface area contributed by atoms with Crippen LogP contribution in [0.2, 0.25) is 0 Å². The highest BCUT2D eigenvalue weighted by molar-refractivity contribution is 5.79. The number of quaternary nitrogens is 1. The van der Waals surface area contributed by atoms with Gasteiger partial charge in [0, 0.05) is 50.9 Å². The van der Waals surface area contributed by atoms with Crippen LogP contribution in [0.15, 0.2) is 0 Å². The molecule has 0 radical (unpaired) electrons. The summed E-state index contributed by atoms with van der Waals surface area (Å²) < 4.78 is 5.05. The normalized spacial score (nSPS) is 28.0. The number of carbonyl (C=O) groups is 2. The second-order valence-electron chi connectivity index (χ2n) is 8.24. The Hall–Kier alpha value is -1.30. The highest BCUT2D eigenvalue weighted by atomic mass is 16.6. The number of carbonyl (C=O) groups excluding carboxylic acids is 2. The van der Waals surface area contributed by atoms with Gasteiger partial charge in [0.25, 0.3) is 0 Å². The Morgan fingerprint density at radius 3 is 2.15 bits per heavy atom. The lowest BCUT2D eigenvalue weighted by molar-refractivity contribution is -0.909. The molecule has 148 valence electrons. The predicted molar refractivity (Wildman–Crippen MR) is 100 cm³/mol. The molecule has 6 nitrogen and oxygen atoms in total. The van der Waals surface area contributed by atoms with Gasteiger partial charge in [-0.15, -0.1) is 0 Å². The van der Waals surface area contributed by atoms with Crippen molar-refractivity contribution in [3.63, 3.8) is 0 Å². The fraction of sp³-hybridized carbons (Fsp3) is 0.900. The summed E-state index contributed by atoms with van der Waals surface area (Å²) in [5, 5.41) is 0. The zero-order chi connectivity index (χ0) is 18.4. The summed E-state index contributed by atoms with van der Waals surface area (Å²) in [5.41, 5.74) is 0. The number of ether oxygens (including phenoxy) is 1. The van der Waals surface area contributed by atoms with Crippen LogP contribution in [0.1, 0.15) is 51.9 Å². The van der Waals surface area contributed by atoms with Crippen molar-refractivity contribution in [2.75, 3.05) is 52.4 Å². The number of likely N-dealkylation sites (tertiary alicyclic amines) is 1. The van der Waals surface area contributed by atoms with Crippen molar-refractivity contribution in [1.29, 1.82) is 0 Å². The Labute approximate surface area is 157 Å². The molecule has 2 heterocycles. The first kappa shape index (κ1) is 19.5. The number of amides is 2. The molecule has 1 aliphatic carbocycles. The van der Waals surface area contributed by atoms with Crippen molar-refractivity contribution in [1.82, 2.24) is 9.80 Å². The van der Waals surface area contributed by atoms with Gasteiger partial charge >= 0.3 is 6.09 Å². The van der Waals surface area contributed by atoms with Crippen LogP contribution >= 0.6 is 0 Å².